The molecule has 1 heterocycles. The van der Waals surface area contributed by atoms with Gasteiger partial charge in [-0.2, -0.15) is 13.2 Å². The molecule has 0 unspecified atom stereocenters. The van der Waals surface area contributed by atoms with E-state index in [0.29, 0.717) is 5.69 Å². The maximum atomic E-state index is 13.9. The molecule has 2 aromatic rings. The number of hydrogen-bond acceptors (Lipinski definition) is 6. The molecule has 0 aliphatic rings. The van der Waals surface area contributed by atoms with Crippen molar-refractivity contribution >= 4 is 17.7 Å². The molecule has 0 radical (unpaired) electrons. The molecule has 10 heteroatoms. The molecule has 2 N–H and O–H groups in total. The Balaban J connectivity index is 2.28. The Morgan fingerprint density at radius 2 is 1.75 bits per heavy atom. The summed E-state index contributed by atoms with van der Waals surface area (Å²) in [5, 5.41) is 3.60. The van der Waals surface area contributed by atoms with Gasteiger partial charge in [-0.3, -0.25) is 4.79 Å². The number of esters is 1. The molecule has 0 spiro atoms. The molecule has 1 amide bonds. The molecule has 2 rings (SSSR count). The Bertz CT molecular complexity index is 830. The highest BCUT2D eigenvalue weighted by atomic mass is 19.4. The Labute approximate surface area is 158 Å². The number of benzene rings is 1. The van der Waals surface area contributed by atoms with E-state index >= 15 is 0 Å². The average Bonchev–Trinajstić information content (AvgIpc) is 2.65. The first-order valence-corrected chi connectivity index (χ1v) is 8.04. The number of methoxy groups -OCH3 is 1. The van der Waals surface area contributed by atoms with Gasteiger partial charge in [0.1, 0.15) is 11.6 Å². The van der Waals surface area contributed by atoms with Crippen LogP contribution in [0.2, 0.25) is 0 Å². The maximum Gasteiger partial charge on any atom is 0.441 e. The number of pyridine rings is 1. The second-order valence-corrected chi connectivity index (χ2v) is 5.68. The number of aryl methyl sites for hydroxylation is 1. The molecule has 0 saturated heterocycles. The van der Waals surface area contributed by atoms with E-state index in [1.54, 1.807) is 36.5 Å². The Kier molecular flexibility index (Phi) is 6.45. The number of aromatic nitrogens is 1. The normalized spacial score (nSPS) is 13.2. The van der Waals surface area contributed by atoms with Crippen molar-refractivity contribution in [2.24, 2.45) is 0 Å². The highest BCUT2D eigenvalue weighted by Gasteiger charge is 2.63. The van der Waals surface area contributed by atoms with Crippen molar-refractivity contribution in [2.75, 3.05) is 19.0 Å². The summed E-state index contributed by atoms with van der Waals surface area (Å²) in [5.74, 6) is -2.93. The van der Waals surface area contributed by atoms with Gasteiger partial charge in [-0.15, -0.1) is 0 Å². The largest absolute Gasteiger partial charge is 0.484 e. The summed E-state index contributed by atoms with van der Waals surface area (Å²) in [6.45, 7) is 0.812. The average molecular weight is 397 g/mol. The van der Waals surface area contributed by atoms with Crippen molar-refractivity contribution in [1.29, 1.82) is 0 Å². The first kappa shape index (κ1) is 21.0. The number of para-hydroxylation sites is 1. The summed E-state index contributed by atoms with van der Waals surface area (Å²) in [6, 6.07) is 12.3. The molecule has 0 saturated carbocycles. The van der Waals surface area contributed by atoms with E-state index in [0.717, 1.165) is 7.11 Å². The number of rotatable bonds is 7. The van der Waals surface area contributed by atoms with E-state index in [1.165, 1.54) is 24.3 Å². The minimum Gasteiger partial charge on any atom is -0.484 e. The van der Waals surface area contributed by atoms with E-state index < -0.39 is 30.3 Å². The van der Waals surface area contributed by atoms with Gasteiger partial charge in [-0.05, 0) is 31.2 Å². The zero-order chi connectivity index (χ0) is 20.8. The first-order valence-electron chi connectivity index (χ1n) is 8.04. The Morgan fingerprint density at radius 1 is 1.07 bits per heavy atom. The summed E-state index contributed by atoms with van der Waals surface area (Å²) in [5.41, 5.74) is -3.13. The maximum absolute atomic E-state index is 13.9. The van der Waals surface area contributed by atoms with Crippen LogP contribution in [0.15, 0.2) is 48.5 Å². The standard InChI is InChI=1S/C18H18F3N3O4/c1-12-7-6-10-14(22-12)23-17(16(26)27-2,18(19,20)21)24-15(25)11-28-13-8-4-3-5-9-13/h3-10H,11H2,1-2H3,(H,22,23)(H,24,25)/t17-/m0/s1. The van der Waals surface area contributed by atoms with Gasteiger partial charge in [-0.1, -0.05) is 24.3 Å². The van der Waals surface area contributed by atoms with Crippen LogP contribution < -0.4 is 15.4 Å². The molecule has 1 atom stereocenters. The summed E-state index contributed by atoms with van der Waals surface area (Å²) in [6.07, 6.45) is -5.24. The lowest BCUT2D eigenvalue weighted by Crippen LogP contribution is -2.69. The predicted molar refractivity (Wildman–Crippen MR) is 93.5 cm³/mol. The van der Waals surface area contributed by atoms with Crippen molar-refractivity contribution in [3.05, 3.63) is 54.2 Å². The zero-order valence-corrected chi connectivity index (χ0v) is 15.0. The van der Waals surface area contributed by atoms with Crippen molar-refractivity contribution in [2.45, 2.75) is 18.8 Å². The smallest absolute Gasteiger partial charge is 0.441 e. The lowest BCUT2D eigenvalue weighted by molar-refractivity contribution is -0.206. The van der Waals surface area contributed by atoms with Crippen molar-refractivity contribution in [1.82, 2.24) is 10.3 Å². The molecule has 1 aromatic heterocycles. The van der Waals surface area contributed by atoms with E-state index in [2.05, 4.69) is 9.72 Å². The van der Waals surface area contributed by atoms with Crippen LogP contribution in [0.4, 0.5) is 19.0 Å². The van der Waals surface area contributed by atoms with Gasteiger partial charge in [0.2, 0.25) is 0 Å². The van der Waals surface area contributed by atoms with Crippen LogP contribution >= 0.6 is 0 Å². The first-order chi connectivity index (χ1) is 13.2. The van der Waals surface area contributed by atoms with Gasteiger partial charge in [0.05, 0.1) is 7.11 Å². The summed E-state index contributed by atoms with van der Waals surface area (Å²) in [7, 11) is 0.779. The lowest BCUT2D eigenvalue weighted by atomic mass is 10.1. The number of ether oxygens (including phenoxy) is 2. The number of nitrogens with one attached hydrogen (secondary N) is 2. The van der Waals surface area contributed by atoms with Gasteiger partial charge in [0.25, 0.3) is 5.91 Å². The molecule has 1 aromatic carbocycles. The number of nitrogens with zero attached hydrogens (tertiary/aromatic N) is 1. The fraction of sp³-hybridized carbons (Fsp3) is 0.278. The van der Waals surface area contributed by atoms with E-state index in [4.69, 9.17) is 4.74 Å². The number of amides is 1. The molecule has 7 nitrogen and oxygen atoms in total. The second kappa shape index (κ2) is 8.59. The van der Waals surface area contributed by atoms with Crippen LogP contribution in [0.1, 0.15) is 5.69 Å². The highest BCUT2D eigenvalue weighted by molar-refractivity contribution is 5.91. The summed E-state index contributed by atoms with van der Waals surface area (Å²) in [4.78, 5) is 28.1. The van der Waals surface area contributed by atoms with Crippen LogP contribution in [0.3, 0.4) is 0 Å². The van der Waals surface area contributed by atoms with Crippen molar-refractivity contribution < 1.29 is 32.2 Å². The van der Waals surface area contributed by atoms with Gasteiger partial charge < -0.3 is 20.1 Å². The molecule has 150 valence electrons. The van der Waals surface area contributed by atoms with Crippen molar-refractivity contribution in [3.63, 3.8) is 0 Å². The van der Waals surface area contributed by atoms with E-state index in [9.17, 15) is 22.8 Å². The van der Waals surface area contributed by atoms with Gasteiger partial charge in [0, 0.05) is 5.69 Å². The van der Waals surface area contributed by atoms with Crippen LogP contribution in [-0.2, 0) is 14.3 Å². The number of anilines is 1. The Morgan fingerprint density at radius 3 is 2.32 bits per heavy atom. The van der Waals surface area contributed by atoms with Crippen molar-refractivity contribution in [3.8, 4) is 5.75 Å². The van der Waals surface area contributed by atoms with Gasteiger partial charge in [-0.25, -0.2) is 9.78 Å². The minimum absolute atomic E-state index is 0.271. The number of carbonyl (C=O) groups excluding carboxylic acids is 2. The Hall–Kier alpha value is -3.30. The van der Waals surface area contributed by atoms with Crippen LogP contribution in [0.25, 0.3) is 0 Å². The minimum atomic E-state index is -5.24. The molecule has 0 aliphatic heterocycles. The summed E-state index contributed by atoms with van der Waals surface area (Å²) >= 11 is 0. The zero-order valence-electron chi connectivity index (χ0n) is 15.0. The molecule has 28 heavy (non-hydrogen) atoms. The summed E-state index contributed by atoms with van der Waals surface area (Å²) < 4.78 is 51.1. The second-order valence-electron chi connectivity index (χ2n) is 5.68. The highest BCUT2D eigenvalue weighted by Crippen LogP contribution is 2.32. The topological polar surface area (TPSA) is 89.5 Å². The van der Waals surface area contributed by atoms with Gasteiger partial charge >= 0.3 is 17.8 Å². The third-order valence-electron chi connectivity index (χ3n) is 3.56. The molecular formula is C18H18F3N3O4. The lowest BCUT2D eigenvalue weighted by Gasteiger charge is -2.34. The fourth-order valence-corrected chi connectivity index (χ4v) is 2.26. The SMILES string of the molecule is COC(=O)[C@@](NC(=O)COc1ccccc1)(Nc1cccc(C)n1)C(F)(F)F. The third-order valence-corrected chi connectivity index (χ3v) is 3.56. The van der Waals surface area contributed by atoms with Crippen LogP contribution in [-0.4, -0.2) is 42.4 Å². The van der Waals surface area contributed by atoms with E-state index in [1.807, 2.05) is 5.32 Å². The predicted octanol–water partition coefficient (Wildman–Crippen LogP) is 2.43. The quantitative estimate of drug-likeness (QED) is 0.551. The number of hydrogen-bond donors (Lipinski definition) is 2. The van der Waals surface area contributed by atoms with Crippen LogP contribution in [0, 0.1) is 6.92 Å². The molecule has 0 aliphatic carbocycles. The molecular weight excluding hydrogens is 379 g/mol. The molecule has 0 fully saturated rings. The fourth-order valence-electron chi connectivity index (χ4n) is 2.26. The van der Waals surface area contributed by atoms with Gasteiger partial charge in [0.15, 0.2) is 6.61 Å². The van der Waals surface area contributed by atoms with Crippen LogP contribution in [0.5, 0.6) is 5.75 Å². The number of alkyl halides is 3. The van der Waals surface area contributed by atoms with E-state index in [-0.39, 0.29) is 11.6 Å². The number of carbonyl (C=O) groups is 2. The molecule has 0 bridgehead atoms. The number of halogens is 3. The third kappa shape index (κ3) is 4.90. The monoisotopic (exact) mass is 397 g/mol.